The van der Waals surface area contributed by atoms with Crippen molar-refractivity contribution in [1.29, 1.82) is 0 Å². The van der Waals surface area contributed by atoms with Gasteiger partial charge in [-0.1, -0.05) is 25.9 Å². The van der Waals surface area contributed by atoms with Gasteiger partial charge in [-0.3, -0.25) is 9.59 Å². The molecule has 0 aromatic carbocycles. The number of aryl methyl sites for hydroxylation is 1. The van der Waals surface area contributed by atoms with Crippen LogP contribution in [-0.4, -0.2) is 28.7 Å². The van der Waals surface area contributed by atoms with E-state index < -0.39 is 11.9 Å². The third kappa shape index (κ3) is 4.08. The van der Waals surface area contributed by atoms with Gasteiger partial charge in [0.1, 0.15) is 5.56 Å². The lowest BCUT2D eigenvalue weighted by Gasteiger charge is -2.08. The van der Waals surface area contributed by atoms with Crippen LogP contribution in [0.3, 0.4) is 0 Å². The minimum atomic E-state index is -0.812. The van der Waals surface area contributed by atoms with Crippen LogP contribution in [0, 0.1) is 12.8 Å². The number of hydrogen-bond acceptors (Lipinski definition) is 4. The Hall–Kier alpha value is -1.85. The first-order valence-corrected chi connectivity index (χ1v) is 6.81. The van der Waals surface area contributed by atoms with Gasteiger partial charge in [-0.25, -0.2) is 0 Å². The van der Waals surface area contributed by atoms with E-state index in [2.05, 4.69) is 10.5 Å². The highest BCUT2D eigenvalue weighted by Gasteiger charge is 2.22. The fourth-order valence-electron chi connectivity index (χ4n) is 1.88. The van der Waals surface area contributed by atoms with Gasteiger partial charge in [-0.05, 0) is 19.8 Å². The van der Waals surface area contributed by atoms with Crippen molar-refractivity contribution in [2.45, 2.75) is 46.5 Å². The zero-order chi connectivity index (χ0) is 15.3. The molecule has 0 aliphatic rings. The molecular formula is C14H22N2O4. The monoisotopic (exact) mass is 282 g/mol. The molecule has 0 radical (unpaired) electrons. The van der Waals surface area contributed by atoms with Crippen LogP contribution in [0.2, 0.25) is 0 Å². The molecule has 20 heavy (non-hydrogen) atoms. The third-order valence-electron chi connectivity index (χ3n) is 3.16. The fraction of sp³-hybridized carbons (Fsp3) is 0.643. The zero-order valence-corrected chi connectivity index (χ0v) is 12.4. The number of carboxylic acid groups (broad SMARTS) is 1. The van der Waals surface area contributed by atoms with Gasteiger partial charge in [0.25, 0.3) is 5.91 Å². The molecule has 1 heterocycles. The number of carbonyl (C=O) groups is 2. The molecule has 1 rings (SSSR count). The van der Waals surface area contributed by atoms with Crippen molar-refractivity contribution < 1.29 is 19.2 Å². The van der Waals surface area contributed by atoms with E-state index in [1.165, 1.54) is 0 Å². The number of nitrogens with zero attached hydrogens (tertiary/aromatic N) is 1. The number of aromatic nitrogens is 1. The molecule has 0 spiro atoms. The summed E-state index contributed by atoms with van der Waals surface area (Å²) in [5.74, 6) is -0.748. The molecule has 1 aromatic rings. The lowest BCUT2D eigenvalue weighted by atomic mass is 10.0. The first-order valence-electron chi connectivity index (χ1n) is 6.81. The van der Waals surface area contributed by atoms with Gasteiger partial charge < -0.3 is 14.9 Å². The number of carboxylic acids is 1. The van der Waals surface area contributed by atoms with Gasteiger partial charge in [0.2, 0.25) is 0 Å². The Balaban J connectivity index is 2.52. The van der Waals surface area contributed by atoms with E-state index in [9.17, 15) is 9.59 Å². The first kappa shape index (κ1) is 16.2. The van der Waals surface area contributed by atoms with E-state index in [1.54, 1.807) is 13.8 Å². The van der Waals surface area contributed by atoms with E-state index in [-0.39, 0.29) is 11.8 Å². The number of aliphatic carboxylic acids is 1. The zero-order valence-electron chi connectivity index (χ0n) is 12.4. The molecule has 1 atom stereocenters. The van der Waals surface area contributed by atoms with Gasteiger partial charge in [0.15, 0.2) is 5.76 Å². The Bertz CT molecular complexity index is 480. The van der Waals surface area contributed by atoms with Crippen LogP contribution in [0.5, 0.6) is 0 Å². The molecule has 0 saturated heterocycles. The van der Waals surface area contributed by atoms with Crippen molar-refractivity contribution in [3.05, 3.63) is 17.0 Å². The Labute approximate surface area is 118 Å². The van der Waals surface area contributed by atoms with Gasteiger partial charge in [-0.15, -0.1) is 0 Å². The molecule has 6 heteroatoms. The van der Waals surface area contributed by atoms with Gasteiger partial charge in [0, 0.05) is 12.5 Å². The van der Waals surface area contributed by atoms with E-state index in [4.69, 9.17) is 9.63 Å². The summed E-state index contributed by atoms with van der Waals surface area (Å²) in [7, 11) is 0. The minimum Gasteiger partial charge on any atom is -0.481 e. The lowest BCUT2D eigenvalue weighted by Crippen LogP contribution is -2.26. The molecule has 0 aliphatic carbocycles. The smallest absolute Gasteiger partial charge is 0.306 e. The number of nitrogens with one attached hydrogen (secondary N) is 1. The SMILES string of the molecule is Cc1noc(C(C)C)c1C(=O)NCCCC(C)C(=O)O. The highest BCUT2D eigenvalue weighted by Crippen LogP contribution is 2.21. The lowest BCUT2D eigenvalue weighted by molar-refractivity contribution is -0.141. The molecule has 0 bridgehead atoms. The van der Waals surface area contributed by atoms with Gasteiger partial charge >= 0.3 is 5.97 Å². The molecule has 2 N–H and O–H groups in total. The predicted octanol–water partition coefficient (Wildman–Crippen LogP) is 2.34. The molecule has 112 valence electrons. The summed E-state index contributed by atoms with van der Waals surface area (Å²) in [6, 6.07) is 0. The van der Waals surface area contributed by atoms with Crippen LogP contribution in [0.1, 0.15) is 61.3 Å². The summed E-state index contributed by atoms with van der Waals surface area (Å²) < 4.78 is 5.17. The summed E-state index contributed by atoms with van der Waals surface area (Å²) in [4.78, 5) is 22.8. The molecule has 1 aromatic heterocycles. The first-order chi connectivity index (χ1) is 9.34. The highest BCUT2D eigenvalue weighted by molar-refractivity contribution is 5.96. The van der Waals surface area contributed by atoms with E-state index in [0.29, 0.717) is 36.4 Å². The van der Waals surface area contributed by atoms with Crippen LogP contribution < -0.4 is 5.32 Å². The molecule has 0 fully saturated rings. The summed E-state index contributed by atoms with van der Waals surface area (Å²) in [6.07, 6.45) is 1.16. The average molecular weight is 282 g/mol. The third-order valence-corrected chi connectivity index (χ3v) is 3.16. The predicted molar refractivity (Wildman–Crippen MR) is 73.7 cm³/mol. The van der Waals surface area contributed by atoms with Crippen molar-refractivity contribution in [2.75, 3.05) is 6.54 Å². The maximum absolute atomic E-state index is 12.1. The van der Waals surface area contributed by atoms with Crippen LogP contribution >= 0.6 is 0 Å². The Morgan fingerprint density at radius 3 is 2.55 bits per heavy atom. The minimum absolute atomic E-state index is 0.0870. The second kappa shape index (κ2) is 7.07. The van der Waals surface area contributed by atoms with Gasteiger partial charge in [-0.2, -0.15) is 0 Å². The molecule has 0 saturated carbocycles. The number of hydrogen-bond donors (Lipinski definition) is 2. The number of amides is 1. The maximum atomic E-state index is 12.1. The molecule has 1 unspecified atom stereocenters. The normalized spacial score (nSPS) is 12.4. The fourth-order valence-corrected chi connectivity index (χ4v) is 1.88. The summed E-state index contributed by atoms with van der Waals surface area (Å²) in [5.41, 5.74) is 1.07. The summed E-state index contributed by atoms with van der Waals surface area (Å²) >= 11 is 0. The largest absolute Gasteiger partial charge is 0.481 e. The van der Waals surface area contributed by atoms with Crippen molar-refractivity contribution in [3.63, 3.8) is 0 Å². The van der Waals surface area contributed by atoms with Crippen LogP contribution in [0.15, 0.2) is 4.52 Å². The van der Waals surface area contributed by atoms with E-state index in [0.717, 1.165) is 0 Å². The summed E-state index contributed by atoms with van der Waals surface area (Å²) in [5, 5.41) is 15.4. The van der Waals surface area contributed by atoms with Crippen molar-refractivity contribution >= 4 is 11.9 Å². The van der Waals surface area contributed by atoms with E-state index in [1.807, 2.05) is 13.8 Å². The van der Waals surface area contributed by atoms with Crippen LogP contribution in [-0.2, 0) is 4.79 Å². The van der Waals surface area contributed by atoms with Crippen LogP contribution in [0.4, 0.5) is 0 Å². The Morgan fingerprint density at radius 1 is 1.35 bits per heavy atom. The van der Waals surface area contributed by atoms with Crippen molar-refractivity contribution in [3.8, 4) is 0 Å². The topological polar surface area (TPSA) is 92.4 Å². The molecule has 0 aliphatic heterocycles. The van der Waals surface area contributed by atoms with Crippen molar-refractivity contribution in [1.82, 2.24) is 10.5 Å². The number of rotatable bonds is 7. The Morgan fingerprint density at radius 2 is 2.00 bits per heavy atom. The second-order valence-electron chi connectivity index (χ2n) is 5.30. The van der Waals surface area contributed by atoms with Crippen LogP contribution in [0.25, 0.3) is 0 Å². The summed E-state index contributed by atoms with van der Waals surface area (Å²) in [6.45, 7) is 7.71. The standard InChI is InChI=1S/C14H22N2O4/c1-8(2)12-11(10(4)16-20-12)13(17)15-7-5-6-9(3)14(18)19/h8-9H,5-7H2,1-4H3,(H,15,17)(H,18,19). The van der Waals surface area contributed by atoms with Crippen molar-refractivity contribution in [2.24, 2.45) is 5.92 Å². The number of carbonyl (C=O) groups excluding carboxylic acids is 1. The molecular weight excluding hydrogens is 260 g/mol. The van der Waals surface area contributed by atoms with Gasteiger partial charge in [0.05, 0.1) is 11.6 Å². The quantitative estimate of drug-likeness (QED) is 0.749. The maximum Gasteiger partial charge on any atom is 0.306 e. The highest BCUT2D eigenvalue weighted by atomic mass is 16.5. The van der Waals surface area contributed by atoms with E-state index >= 15 is 0 Å². The molecule has 1 amide bonds. The second-order valence-corrected chi connectivity index (χ2v) is 5.30. The molecule has 6 nitrogen and oxygen atoms in total. The average Bonchev–Trinajstić information content (AvgIpc) is 2.76. The Kier molecular flexibility index (Phi) is 5.73.